The number of aromatic amines is 2. The molecule has 0 bridgehead atoms. The minimum atomic E-state index is -0.659. The molecule has 2 heterocycles. The van der Waals surface area contributed by atoms with Crippen molar-refractivity contribution in [3.05, 3.63) is 38.9 Å². The third-order valence-electron chi connectivity index (χ3n) is 3.47. The van der Waals surface area contributed by atoms with E-state index in [4.69, 9.17) is 9.47 Å². The second-order valence-corrected chi connectivity index (χ2v) is 4.92. The van der Waals surface area contributed by atoms with E-state index in [9.17, 15) is 9.59 Å². The van der Waals surface area contributed by atoms with Crippen LogP contribution in [-0.2, 0) is 4.74 Å². The van der Waals surface area contributed by atoms with E-state index in [2.05, 4.69) is 14.9 Å². The van der Waals surface area contributed by atoms with E-state index in [1.165, 1.54) is 0 Å². The van der Waals surface area contributed by atoms with E-state index in [0.717, 1.165) is 32.8 Å². The van der Waals surface area contributed by atoms with E-state index in [-0.39, 0.29) is 0 Å². The molecule has 1 fully saturated rings. The number of morpholine rings is 1. The Morgan fingerprint density at radius 3 is 2.57 bits per heavy atom. The van der Waals surface area contributed by atoms with Crippen LogP contribution < -0.4 is 15.9 Å². The van der Waals surface area contributed by atoms with Crippen LogP contribution in [0.1, 0.15) is 0 Å². The van der Waals surface area contributed by atoms with Crippen LogP contribution in [0.4, 0.5) is 0 Å². The highest BCUT2D eigenvalue weighted by atomic mass is 16.5. The summed E-state index contributed by atoms with van der Waals surface area (Å²) in [6.45, 7) is 4.79. The standard InChI is InChI=1S/C14H17N3O4/c18-13-14(19)16-12-9-10(1-2-11(12)15-13)21-8-5-17-3-6-20-7-4-17/h1-2,9H,3-8H2,(H,15,18)(H,16,19). The molecule has 0 amide bonds. The van der Waals surface area contributed by atoms with Gasteiger partial charge < -0.3 is 19.4 Å². The number of hydrogen-bond donors (Lipinski definition) is 2. The van der Waals surface area contributed by atoms with Crippen molar-refractivity contribution in [2.45, 2.75) is 0 Å². The summed E-state index contributed by atoms with van der Waals surface area (Å²) >= 11 is 0. The van der Waals surface area contributed by atoms with Gasteiger partial charge in [0, 0.05) is 25.7 Å². The average Bonchev–Trinajstić information content (AvgIpc) is 2.50. The lowest BCUT2D eigenvalue weighted by molar-refractivity contribution is 0.0322. The molecule has 0 saturated carbocycles. The van der Waals surface area contributed by atoms with Gasteiger partial charge in [0.1, 0.15) is 12.4 Å². The zero-order chi connectivity index (χ0) is 14.7. The second kappa shape index (κ2) is 6.11. The molecule has 1 saturated heterocycles. The van der Waals surface area contributed by atoms with Gasteiger partial charge in [0.25, 0.3) is 0 Å². The summed E-state index contributed by atoms with van der Waals surface area (Å²) in [5.74, 6) is 0.665. The summed E-state index contributed by atoms with van der Waals surface area (Å²) < 4.78 is 11.0. The zero-order valence-electron chi connectivity index (χ0n) is 11.6. The third kappa shape index (κ3) is 3.32. The van der Waals surface area contributed by atoms with Crippen molar-refractivity contribution in [2.75, 3.05) is 39.5 Å². The van der Waals surface area contributed by atoms with Crippen LogP contribution in [0.5, 0.6) is 5.75 Å². The van der Waals surface area contributed by atoms with Crippen LogP contribution in [0.2, 0.25) is 0 Å². The first-order valence-electron chi connectivity index (χ1n) is 6.92. The number of H-pyrrole nitrogens is 2. The fourth-order valence-electron chi connectivity index (χ4n) is 2.30. The number of nitrogens with zero attached hydrogens (tertiary/aromatic N) is 1. The molecule has 112 valence electrons. The van der Waals surface area contributed by atoms with Gasteiger partial charge in [0.15, 0.2) is 0 Å². The molecule has 0 radical (unpaired) electrons. The van der Waals surface area contributed by atoms with E-state index in [1.807, 2.05) is 0 Å². The topological polar surface area (TPSA) is 87.4 Å². The maximum absolute atomic E-state index is 11.3. The molecule has 0 spiro atoms. The largest absolute Gasteiger partial charge is 0.492 e. The van der Waals surface area contributed by atoms with Crippen molar-refractivity contribution in [1.82, 2.24) is 14.9 Å². The van der Waals surface area contributed by atoms with Crippen molar-refractivity contribution in [3.8, 4) is 5.75 Å². The molecule has 7 heteroatoms. The lowest BCUT2D eigenvalue weighted by Crippen LogP contribution is -2.38. The Labute approximate surface area is 120 Å². The highest BCUT2D eigenvalue weighted by Gasteiger charge is 2.09. The summed E-state index contributed by atoms with van der Waals surface area (Å²) in [5.41, 5.74) is -0.167. The summed E-state index contributed by atoms with van der Waals surface area (Å²) in [6.07, 6.45) is 0. The van der Waals surface area contributed by atoms with Gasteiger partial charge in [-0.3, -0.25) is 14.5 Å². The van der Waals surface area contributed by atoms with Crippen LogP contribution in [0.3, 0.4) is 0 Å². The molecule has 3 rings (SSSR count). The van der Waals surface area contributed by atoms with Gasteiger partial charge in [0.2, 0.25) is 0 Å². The lowest BCUT2D eigenvalue weighted by atomic mass is 10.3. The normalized spacial score (nSPS) is 16.2. The van der Waals surface area contributed by atoms with E-state index in [1.54, 1.807) is 18.2 Å². The highest BCUT2D eigenvalue weighted by Crippen LogP contribution is 2.16. The smallest absolute Gasteiger partial charge is 0.314 e. The molecule has 2 N–H and O–H groups in total. The first kappa shape index (κ1) is 13.8. The molecule has 2 aromatic rings. The number of hydrogen-bond acceptors (Lipinski definition) is 5. The van der Waals surface area contributed by atoms with Gasteiger partial charge >= 0.3 is 11.1 Å². The highest BCUT2D eigenvalue weighted by molar-refractivity contribution is 5.75. The monoisotopic (exact) mass is 291 g/mol. The molecule has 1 aliphatic heterocycles. The second-order valence-electron chi connectivity index (χ2n) is 4.92. The Hall–Kier alpha value is -2.12. The fourth-order valence-corrected chi connectivity index (χ4v) is 2.30. The molecular weight excluding hydrogens is 274 g/mol. The maximum Gasteiger partial charge on any atom is 0.314 e. The molecule has 1 aromatic carbocycles. The van der Waals surface area contributed by atoms with Gasteiger partial charge in [-0.1, -0.05) is 0 Å². The van der Waals surface area contributed by atoms with Crippen molar-refractivity contribution >= 4 is 11.0 Å². The number of aromatic nitrogens is 2. The average molecular weight is 291 g/mol. The molecule has 1 aromatic heterocycles. The zero-order valence-corrected chi connectivity index (χ0v) is 11.6. The van der Waals surface area contributed by atoms with Crippen LogP contribution >= 0.6 is 0 Å². The summed E-state index contributed by atoms with van der Waals surface area (Å²) in [4.78, 5) is 29.9. The Balaban J connectivity index is 1.65. The van der Waals surface area contributed by atoms with Crippen molar-refractivity contribution < 1.29 is 9.47 Å². The minimum Gasteiger partial charge on any atom is -0.492 e. The maximum atomic E-state index is 11.3. The van der Waals surface area contributed by atoms with Gasteiger partial charge in [-0.2, -0.15) is 0 Å². The number of rotatable bonds is 4. The quantitative estimate of drug-likeness (QED) is 0.770. The number of fused-ring (bicyclic) bond motifs is 1. The van der Waals surface area contributed by atoms with Crippen LogP contribution in [0, 0.1) is 0 Å². The number of ether oxygens (including phenoxy) is 2. The molecule has 21 heavy (non-hydrogen) atoms. The summed E-state index contributed by atoms with van der Waals surface area (Å²) in [7, 11) is 0. The number of benzene rings is 1. The molecule has 0 atom stereocenters. The first-order valence-corrected chi connectivity index (χ1v) is 6.92. The predicted molar refractivity (Wildman–Crippen MR) is 77.9 cm³/mol. The Morgan fingerprint density at radius 2 is 1.81 bits per heavy atom. The Kier molecular flexibility index (Phi) is 4.03. The molecule has 0 aliphatic carbocycles. The molecule has 7 nitrogen and oxygen atoms in total. The van der Waals surface area contributed by atoms with Gasteiger partial charge in [0.05, 0.1) is 24.2 Å². The fraction of sp³-hybridized carbons (Fsp3) is 0.429. The summed E-state index contributed by atoms with van der Waals surface area (Å²) in [6, 6.07) is 5.21. The molecule has 1 aliphatic rings. The van der Waals surface area contributed by atoms with Crippen molar-refractivity contribution in [3.63, 3.8) is 0 Å². The first-order chi connectivity index (χ1) is 10.2. The molecule has 0 unspecified atom stereocenters. The minimum absolute atomic E-state index is 0.559. The predicted octanol–water partition coefficient (Wildman–Crippen LogP) is -0.0726. The van der Waals surface area contributed by atoms with E-state index >= 15 is 0 Å². The third-order valence-corrected chi connectivity index (χ3v) is 3.47. The van der Waals surface area contributed by atoms with Gasteiger partial charge in [-0.15, -0.1) is 0 Å². The van der Waals surface area contributed by atoms with Crippen molar-refractivity contribution in [1.29, 1.82) is 0 Å². The van der Waals surface area contributed by atoms with E-state index < -0.39 is 11.1 Å². The Morgan fingerprint density at radius 1 is 1.10 bits per heavy atom. The lowest BCUT2D eigenvalue weighted by Gasteiger charge is -2.26. The Bertz CT molecular complexity index is 731. The van der Waals surface area contributed by atoms with Gasteiger partial charge in [-0.25, -0.2) is 0 Å². The SMILES string of the molecule is O=c1[nH]c2ccc(OCCN3CCOCC3)cc2[nH]c1=O. The van der Waals surface area contributed by atoms with E-state index in [0.29, 0.717) is 23.4 Å². The van der Waals surface area contributed by atoms with Crippen molar-refractivity contribution in [2.24, 2.45) is 0 Å². The molecular formula is C14H17N3O4. The van der Waals surface area contributed by atoms with Gasteiger partial charge in [-0.05, 0) is 12.1 Å². The summed E-state index contributed by atoms with van der Waals surface area (Å²) in [5, 5.41) is 0. The van der Waals surface area contributed by atoms with Crippen LogP contribution in [0.25, 0.3) is 11.0 Å². The van der Waals surface area contributed by atoms with Crippen LogP contribution in [0.15, 0.2) is 27.8 Å². The number of nitrogens with one attached hydrogen (secondary N) is 2. The van der Waals surface area contributed by atoms with Crippen LogP contribution in [-0.4, -0.2) is 54.3 Å².